The number of likely N-dealkylation sites (tertiary alicyclic amines) is 1. The minimum absolute atomic E-state index is 0.543. The summed E-state index contributed by atoms with van der Waals surface area (Å²) in [7, 11) is 0. The van der Waals surface area contributed by atoms with Crippen LogP contribution in [-0.2, 0) is 0 Å². The smallest absolute Gasteiger partial charge is 0.138 e. The van der Waals surface area contributed by atoms with Gasteiger partial charge >= 0.3 is 0 Å². The lowest BCUT2D eigenvalue weighted by molar-refractivity contribution is 0.144. The summed E-state index contributed by atoms with van der Waals surface area (Å²) in [4.78, 5) is 12.3. The maximum atomic E-state index is 4.38. The number of nitrogens with zero attached hydrogens (tertiary/aromatic N) is 3. The Kier molecular flexibility index (Phi) is 4.17. The van der Waals surface area contributed by atoms with E-state index in [-0.39, 0.29) is 0 Å². The highest BCUT2D eigenvalue weighted by atomic mass is 32.1. The fourth-order valence-electron chi connectivity index (χ4n) is 2.93. The Morgan fingerprint density at radius 2 is 2.40 bits per heavy atom. The standard InChI is InChI=1S/C15H22N4S/c1-11-4-3-6-19(9-11)12(2)8-16-14-13-5-7-20-15(13)18-10-17-14/h5,7,10-12H,3-4,6,8-9H2,1-2H3,(H,16,17,18). The summed E-state index contributed by atoms with van der Waals surface area (Å²) < 4.78 is 0. The van der Waals surface area contributed by atoms with Crippen LogP contribution in [0.5, 0.6) is 0 Å². The first-order valence-corrected chi connectivity index (χ1v) is 8.28. The lowest BCUT2D eigenvalue weighted by Gasteiger charge is -2.35. The van der Waals surface area contributed by atoms with Crippen molar-refractivity contribution in [1.29, 1.82) is 0 Å². The summed E-state index contributed by atoms with van der Waals surface area (Å²) in [5.74, 6) is 1.79. The highest BCUT2D eigenvalue weighted by Crippen LogP contribution is 2.24. The van der Waals surface area contributed by atoms with Gasteiger partial charge in [0.1, 0.15) is 17.0 Å². The molecule has 20 heavy (non-hydrogen) atoms. The summed E-state index contributed by atoms with van der Waals surface area (Å²) >= 11 is 1.66. The third-order valence-corrected chi connectivity index (χ3v) is 4.96. The van der Waals surface area contributed by atoms with Crippen molar-refractivity contribution in [2.75, 3.05) is 25.0 Å². The van der Waals surface area contributed by atoms with Gasteiger partial charge in [-0.25, -0.2) is 9.97 Å². The van der Waals surface area contributed by atoms with Gasteiger partial charge in [0.05, 0.1) is 5.39 Å². The van der Waals surface area contributed by atoms with Gasteiger partial charge in [0.25, 0.3) is 0 Å². The van der Waals surface area contributed by atoms with Gasteiger partial charge in [-0.05, 0) is 43.7 Å². The van der Waals surface area contributed by atoms with Crippen LogP contribution in [0.4, 0.5) is 5.82 Å². The molecule has 1 fully saturated rings. The molecule has 4 nitrogen and oxygen atoms in total. The Morgan fingerprint density at radius 3 is 3.25 bits per heavy atom. The highest BCUT2D eigenvalue weighted by Gasteiger charge is 2.20. The van der Waals surface area contributed by atoms with E-state index in [1.807, 2.05) is 0 Å². The van der Waals surface area contributed by atoms with Gasteiger partial charge in [0.15, 0.2) is 0 Å². The number of rotatable bonds is 4. The average molecular weight is 290 g/mol. The van der Waals surface area contributed by atoms with Crippen LogP contribution in [-0.4, -0.2) is 40.5 Å². The predicted octanol–water partition coefficient (Wildman–Crippen LogP) is 3.22. The second-order valence-electron chi connectivity index (χ2n) is 5.83. The summed E-state index contributed by atoms with van der Waals surface area (Å²) in [6.45, 7) is 8.04. The van der Waals surface area contributed by atoms with Crippen molar-refractivity contribution in [3.63, 3.8) is 0 Å². The van der Waals surface area contributed by atoms with Crippen LogP contribution in [0, 0.1) is 5.92 Å². The Morgan fingerprint density at radius 1 is 1.50 bits per heavy atom. The summed E-state index contributed by atoms with van der Waals surface area (Å²) in [6.07, 6.45) is 4.35. The molecule has 0 aromatic carbocycles. The molecule has 1 saturated heterocycles. The van der Waals surface area contributed by atoms with E-state index in [4.69, 9.17) is 0 Å². The Labute approximate surface area is 124 Å². The van der Waals surface area contributed by atoms with Crippen molar-refractivity contribution in [1.82, 2.24) is 14.9 Å². The molecule has 2 aromatic rings. The fourth-order valence-corrected chi connectivity index (χ4v) is 3.66. The molecule has 0 radical (unpaired) electrons. The molecule has 5 heteroatoms. The number of nitrogens with one attached hydrogen (secondary N) is 1. The van der Waals surface area contributed by atoms with Gasteiger partial charge in [0, 0.05) is 19.1 Å². The van der Waals surface area contributed by atoms with E-state index in [1.165, 1.54) is 25.9 Å². The van der Waals surface area contributed by atoms with Crippen molar-refractivity contribution in [2.24, 2.45) is 5.92 Å². The van der Waals surface area contributed by atoms with Crippen LogP contribution in [0.3, 0.4) is 0 Å². The average Bonchev–Trinajstić information content (AvgIpc) is 2.93. The molecule has 2 unspecified atom stereocenters. The zero-order chi connectivity index (χ0) is 13.9. The van der Waals surface area contributed by atoms with Crippen LogP contribution in [0.2, 0.25) is 0 Å². The molecule has 108 valence electrons. The molecule has 0 spiro atoms. The molecular weight excluding hydrogens is 268 g/mol. The zero-order valence-electron chi connectivity index (χ0n) is 12.2. The minimum Gasteiger partial charge on any atom is -0.368 e. The van der Waals surface area contributed by atoms with Crippen molar-refractivity contribution in [2.45, 2.75) is 32.7 Å². The fraction of sp³-hybridized carbons (Fsp3) is 0.600. The van der Waals surface area contributed by atoms with Crippen LogP contribution < -0.4 is 5.32 Å². The lowest BCUT2D eigenvalue weighted by atomic mass is 9.99. The Balaban J connectivity index is 1.62. The minimum atomic E-state index is 0.543. The highest BCUT2D eigenvalue weighted by molar-refractivity contribution is 7.16. The van der Waals surface area contributed by atoms with E-state index in [0.717, 1.165) is 28.5 Å². The first-order valence-electron chi connectivity index (χ1n) is 7.40. The largest absolute Gasteiger partial charge is 0.368 e. The maximum absolute atomic E-state index is 4.38. The molecule has 2 aromatic heterocycles. The molecule has 3 rings (SSSR count). The number of fused-ring (bicyclic) bond motifs is 1. The summed E-state index contributed by atoms with van der Waals surface area (Å²) in [5, 5.41) is 6.71. The first-order chi connectivity index (χ1) is 9.74. The predicted molar refractivity (Wildman–Crippen MR) is 85.3 cm³/mol. The van der Waals surface area contributed by atoms with E-state index < -0.39 is 0 Å². The number of aromatic nitrogens is 2. The van der Waals surface area contributed by atoms with Crippen molar-refractivity contribution in [3.05, 3.63) is 17.8 Å². The van der Waals surface area contributed by atoms with Crippen molar-refractivity contribution in [3.8, 4) is 0 Å². The molecule has 3 heterocycles. The second kappa shape index (κ2) is 6.06. The summed E-state index contributed by atoms with van der Waals surface area (Å²) in [6, 6.07) is 2.64. The molecule has 1 aliphatic rings. The normalized spacial score (nSPS) is 22.0. The van der Waals surface area contributed by atoms with E-state index >= 15 is 0 Å². The molecular formula is C15H22N4S. The molecule has 1 aliphatic heterocycles. The van der Waals surface area contributed by atoms with E-state index in [0.29, 0.717) is 6.04 Å². The SMILES string of the molecule is CC1CCCN(C(C)CNc2ncnc3sccc23)C1. The van der Waals surface area contributed by atoms with Crippen LogP contribution >= 0.6 is 11.3 Å². The van der Waals surface area contributed by atoms with Gasteiger partial charge < -0.3 is 5.32 Å². The van der Waals surface area contributed by atoms with Crippen LogP contribution in [0.15, 0.2) is 17.8 Å². The number of piperidine rings is 1. The molecule has 2 atom stereocenters. The number of anilines is 1. The number of hydrogen-bond acceptors (Lipinski definition) is 5. The Bertz CT molecular complexity index is 568. The van der Waals surface area contributed by atoms with Gasteiger partial charge in [-0.1, -0.05) is 6.92 Å². The third-order valence-electron chi connectivity index (χ3n) is 4.14. The number of thiophene rings is 1. The molecule has 1 N–H and O–H groups in total. The van der Waals surface area contributed by atoms with Crippen molar-refractivity contribution < 1.29 is 0 Å². The number of hydrogen-bond donors (Lipinski definition) is 1. The van der Waals surface area contributed by atoms with Gasteiger partial charge in [-0.15, -0.1) is 11.3 Å². The topological polar surface area (TPSA) is 41.0 Å². The third kappa shape index (κ3) is 2.94. The van der Waals surface area contributed by atoms with Crippen molar-refractivity contribution >= 4 is 27.4 Å². The van der Waals surface area contributed by atoms with Gasteiger partial charge in [0.2, 0.25) is 0 Å². The molecule has 0 aliphatic carbocycles. The Hall–Kier alpha value is -1.20. The second-order valence-corrected chi connectivity index (χ2v) is 6.73. The van der Waals surface area contributed by atoms with Crippen LogP contribution in [0.25, 0.3) is 10.2 Å². The van der Waals surface area contributed by atoms with E-state index in [2.05, 4.69) is 45.5 Å². The first kappa shape index (κ1) is 13.8. The summed E-state index contributed by atoms with van der Waals surface area (Å²) in [5.41, 5.74) is 0. The van der Waals surface area contributed by atoms with E-state index in [1.54, 1.807) is 17.7 Å². The molecule has 0 saturated carbocycles. The lowest BCUT2D eigenvalue weighted by Crippen LogP contribution is -2.43. The maximum Gasteiger partial charge on any atom is 0.138 e. The van der Waals surface area contributed by atoms with Crippen LogP contribution in [0.1, 0.15) is 26.7 Å². The van der Waals surface area contributed by atoms with E-state index in [9.17, 15) is 0 Å². The molecule has 0 bridgehead atoms. The zero-order valence-corrected chi connectivity index (χ0v) is 13.0. The molecule has 0 amide bonds. The monoisotopic (exact) mass is 290 g/mol. The van der Waals surface area contributed by atoms with Gasteiger partial charge in [-0.3, -0.25) is 4.90 Å². The van der Waals surface area contributed by atoms with Gasteiger partial charge in [-0.2, -0.15) is 0 Å². The quantitative estimate of drug-likeness (QED) is 0.938.